The normalized spacial score (nSPS) is 10.1. The van der Waals surface area contributed by atoms with E-state index in [1.54, 1.807) is 19.2 Å². The standard InChI is InChI=1S/C11H13FN2O2/c1-15-4-5-16-14-8-10-3-2-9(7-13)6-11(10)12/h2-3,6,14H,4-5,8H2,1H3. The van der Waals surface area contributed by atoms with Gasteiger partial charge in [-0.3, -0.25) is 4.84 Å². The van der Waals surface area contributed by atoms with Crippen LogP contribution in [0.5, 0.6) is 0 Å². The van der Waals surface area contributed by atoms with Crippen molar-refractivity contribution in [3.05, 3.63) is 35.1 Å². The van der Waals surface area contributed by atoms with Gasteiger partial charge < -0.3 is 4.74 Å². The zero-order chi connectivity index (χ0) is 11.8. The number of halogens is 1. The Hall–Kier alpha value is -1.48. The van der Waals surface area contributed by atoms with Crippen LogP contribution in [0.2, 0.25) is 0 Å². The van der Waals surface area contributed by atoms with Crippen molar-refractivity contribution in [1.29, 1.82) is 5.26 Å². The molecule has 0 heterocycles. The van der Waals surface area contributed by atoms with E-state index in [0.29, 0.717) is 24.3 Å². The highest BCUT2D eigenvalue weighted by molar-refractivity contribution is 5.32. The van der Waals surface area contributed by atoms with Gasteiger partial charge in [0.2, 0.25) is 0 Å². The number of hydroxylamine groups is 1. The molecule has 0 bridgehead atoms. The van der Waals surface area contributed by atoms with Crippen molar-refractivity contribution in [2.75, 3.05) is 20.3 Å². The number of methoxy groups -OCH3 is 1. The lowest BCUT2D eigenvalue weighted by Crippen LogP contribution is -2.17. The maximum Gasteiger partial charge on any atom is 0.129 e. The lowest BCUT2D eigenvalue weighted by Gasteiger charge is -2.06. The van der Waals surface area contributed by atoms with Crippen LogP contribution in [0.25, 0.3) is 0 Å². The third-order valence-electron chi connectivity index (χ3n) is 1.94. The summed E-state index contributed by atoms with van der Waals surface area (Å²) in [5, 5.41) is 8.56. The molecule has 0 aliphatic heterocycles. The number of nitrogens with one attached hydrogen (secondary N) is 1. The number of nitriles is 1. The summed E-state index contributed by atoms with van der Waals surface area (Å²) in [6, 6.07) is 6.19. The highest BCUT2D eigenvalue weighted by Gasteiger charge is 2.02. The topological polar surface area (TPSA) is 54.3 Å². The van der Waals surface area contributed by atoms with E-state index in [1.807, 2.05) is 6.07 Å². The van der Waals surface area contributed by atoms with Crippen molar-refractivity contribution in [2.45, 2.75) is 6.54 Å². The molecule has 86 valence electrons. The Kier molecular flexibility index (Phi) is 5.43. The summed E-state index contributed by atoms with van der Waals surface area (Å²) in [5.41, 5.74) is 3.37. The van der Waals surface area contributed by atoms with Crippen molar-refractivity contribution in [1.82, 2.24) is 5.48 Å². The fourth-order valence-corrected chi connectivity index (χ4v) is 1.09. The minimum Gasteiger partial charge on any atom is -0.382 e. The quantitative estimate of drug-likeness (QED) is 0.585. The fraction of sp³-hybridized carbons (Fsp3) is 0.364. The lowest BCUT2D eigenvalue weighted by atomic mass is 10.1. The summed E-state index contributed by atoms with van der Waals surface area (Å²) in [7, 11) is 1.57. The van der Waals surface area contributed by atoms with Gasteiger partial charge in [-0.25, -0.2) is 4.39 Å². The molecule has 0 aliphatic rings. The largest absolute Gasteiger partial charge is 0.382 e. The Morgan fingerprint density at radius 3 is 2.88 bits per heavy atom. The van der Waals surface area contributed by atoms with Crippen LogP contribution in [0.4, 0.5) is 4.39 Å². The SMILES string of the molecule is COCCONCc1ccc(C#N)cc1F. The molecular weight excluding hydrogens is 211 g/mol. The average Bonchev–Trinajstić information content (AvgIpc) is 2.30. The van der Waals surface area contributed by atoms with Gasteiger partial charge in [0.05, 0.1) is 24.8 Å². The van der Waals surface area contributed by atoms with E-state index < -0.39 is 5.82 Å². The van der Waals surface area contributed by atoms with Crippen molar-refractivity contribution in [3.63, 3.8) is 0 Å². The maximum absolute atomic E-state index is 13.3. The monoisotopic (exact) mass is 224 g/mol. The first kappa shape index (κ1) is 12.6. The van der Waals surface area contributed by atoms with E-state index in [0.717, 1.165) is 0 Å². The fourth-order valence-electron chi connectivity index (χ4n) is 1.09. The second-order valence-corrected chi connectivity index (χ2v) is 3.08. The second-order valence-electron chi connectivity index (χ2n) is 3.08. The molecule has 1 aromatic carbocycles. The van der Waals surface area contributed by atoms with Crippen LogP contribution in [0.15, 0.2) is 18.2 Å². The van der Waals surface area contributed by atoms with Crippen LogP contribution in [-0.4, -0.2) is 20.3 Å². The first-order valence-electron chi connectivity index (χ1n) is 4.80. The summed E-state index contributed by atoms with van der Waals surface area (Å²) in [6.07, 6.45) is 0. The molecule has 0 aromatic heterocycles. The Morgan fingerprint density at radius 1 is 1.44 bits per heavy atom. The van der Waals surface area contributed by atoms with Crippen LogP contribution >= 0.6 is 0 Å². The van der Waals surface area contributed by atoms with E-state index in [4.69, 9.17) is 14.8 Å². The number of rotatable bonds is 6. The minimum atomic E-state index is -0.415. The molecule has 5 heteroatoms. The number of hydrogen-bond donors (Lipinski definition) is 1. The molecule has 4 nitrogen and oxygen atoms in total. The van der Waals surface area contributed by atoms with E-state index in [1.165, 1.54) is 6.07 Å². The third kappa shape index (κ3) is 3.95. The molecule has 0 aliphatic carbocycles. The van der Waals surface area contributed by atoms with Crippen molar-refractivity contribution < 1.29 is 14.0 Å². The van der Waals surface area contributed by atoms with Crippen molar-refractivity contribution in [2.24, 2.45) is 0 Å². The average molecular weight is 224 g/mol. The molecule has 1 N–H and O–H groups in total. The van der Waals surface area contributed by atoms with Gasteiger partial charge in [-0.15, -0.1) is 0 Å². The predicted molar refractivity (Wildman–Crippen MR) is 55.8 cm³/mol. The van der Waals surface area contributed by atoms with Crippen LogP contribution in [0.3, 0.4) is 0 Å². The number of benzene rings is 1. The zero-order valence-electron chi connectivity index (χ0n) is 9.00. The van der Waals surface area contributed by atoms with Crippen molar-refractivity contribution >= 4 is 0 Å². The van der Waals surface area contributed by atoms with E-state index >= 15 is 0 Å². The molecule has 0 fully saturated rings. The Bertz CT molecular complexity index is 377. The number of hydrogen-bond acceptors (Lipinski definition) is 4. The van der Waals surface area contributed by atoms with Gasteiger partial charge in [0.15, 0.2) is 0 Å². The maximum atomic E-state index is 13.3. The van der Waals surface area contributed by atoms with E-state index in [9.17, 15) is 4.39 Å². The van der Waals surface area contributed by atoms with Gasteiger partial charge in [0.25, 0.3) is 0 Å². The zero-order valence-corrected chi connectivity index (χ0v) is 9.00. The summed E-state index contributed by atoms with van der Waals surface area (Å²) in [4.78, 5) is 4.98. The second kappa shape index (κ2) is 6.90. The molecule has 16 heavy (non-hydrogen) atoms. The molecule has 0 saturated carbocycles. The van der Waals surface area contributed by atoms with Gasteiger partial charge in [0, 0.05) is 19.2 Å². The molecule has 0 unspecified atom stereocenters. The van der Waals surface area contributed by atoms with E-state index in [-0.39, 0.29) is 6.54 Å². The molecule has 0 radical (unpaired) electrons. The molecular formula is C11H13FN2O2. The van der Waals surface area contributed by atoms with E-state index in [2.05, 4.69) is 5.48 Å². The number of ether oxygens (including phenoxy) is 1. The van der Waals surface area contributed by atoms with Crippen LogP contribution in [-0.2, 0) is 16.1 Å². The Labute approximate surface area is 93.5 Å². The first-order chi connectivity index (χ1) is 7.77. The van der Waals surface area contributed by atoms with Crippen molar-refractivity contribution in [3.8, 4) is 6.07 Å². The molecule has 0 spiro atoms. The highest BCUT2D eigenvalue weighted by atomic mass is 19.1. The van der Waals surface area contributed by atoms with Gasteiger partial charge in [-0.2, -0.15) is 10.7 Å². The number of nitrogens with zero attached hydrogens (tertiary/aromatic N) is 1. The molecule has 1 rings (SSSR count). The lowest BCUT2D eigenvalue weighted by molar-refractivity contribution is 0.00308. The smallest absolute Gasteiger partial charge is 0.129 e. The van der Waals surface area contributed by atoms with Gasteiger partial charge >= 0.3 is 0 Å². The van der Waals surface area contributed by atoms with Crippen LogP contribution < -0.4 is 5.48 Å². The summed E-state index contributed by atoms with van der Waals surface area (Å²) < 4.78 is 18.1. The summed E-state index contributed by atoms with van der Waals surface area (Å²) in [5.74, 6) is -0.415. The highest BCUT2D eigenvalue weighted by Crippen LogP contribution is 2.09. The van der Waals surface area contributed by atoms with Gasteiger partial charge in [-0.1, -0.05) is 6.07 Å². The van der Waals surface area contributed by atoms with Crippen LogP contribution in [0.1, 0.15) is 11.1 Å². The summed E-state index contributed by atoms with van der Waals surface area (Å²) in [6.45, 7) is 1.12. The predicted octanol–water partition coefficient (Wildman–Crippen LogP) is 1.36. The molecule has 1 aromatic rings. The molecule has 0 atom stereocenters. The van der Waals surface area contributed by atoms with Gasteiger partial charge in [-0.05, 0) is 12.1 Å². The minimum absolute atomic E-state index is 0.251. The molecule has 0 amide bonds. The van der Waals surface area contributed by atoms with Gasteiger partial charge in [0.1, 0.15) is 5.82 Å². The Balaban J connectivity index is 2.40. The summed E-state index contributed by atoms with van der Waals surface area (Å²) >= 11 is 0. The van der Waals surface area contributed by atoms with Crippen LogP contribution in [0, 0.1) is 17.1 Å². The molecule has 0 saturated heterocycles. The Morgan fingerprint density at radius 2 is 2.25 bits per heavy atom. The third-order valence-corrected chi connectivity index (χ3v) is 1.94. The first-order valence-corrected chi connectivity index (χ1v) is 4.80.